The van der Waals surface area contributed by atoms with Crippen molar-refractivity contribution in [2.75, 3.05) is 0 Å². The van der Waals surface area contributed by atoms with Crippen LogP contribution in [0.1, 0.15) is 72.4 Å². The zero-order valence-corrected chi connectivity index (χ0v) is 15.5. The summed E-state index contributed by atoms with van der Waals surface area (Å²) in [7, 11) is -0.123. The van der Waals surface area contributed by atoms with E-state index in [1.807, 2.05) is 0 Å². The van der Waals surface area contributed by atoms with Gasteiger partial charge in [-0.3, -0.25) is 0 Å². The summed E-state index contributed by atoms with van der Waals surface area (Å²) >= 11 is 0. The van der Waals surface area contributed by atoms with Crippen molar-refractivity contribution in [2.45, 2.75) is 84.2 Å². The number of hydrogen-bond acceptors (Lipinski definition) is 2. The first kappa shape index (κ1) is 17.6. The molecule has 1 aromatic carbocycles. The van der Waals surface area contributed by atoms with Crippen LogP contribution in [0.5, 0.6) is 0 Å². The molecule has 0 aromatic heterocycles. The van der Waals surface area contributed by atoms with Crippen LogP contribution in [-0.2, 0) is 14.7 Å². The molecular weight excluding hydrogens is 271 g/mol. The lowest BCUT2D eigenvalue weighted by molar-refractivity contribution is 0.00578. The van der Waals surface area contributed by atoms with Crippen LogP contribution in [0.3, 0.4) is 0 Å². The Hall–Kier alpha value is -0.795. The minimum Gasteiger partial charge on any atom is -0.403 e. The molecule has 1 unspecified atom stereocenters. The number of hydrogen-bond donors (Lipinski definition) is 0. The molecule has 0 radical (unpaired) electrons. The van der Waals surface area contributed by atoms with Gasteiger partial charge in [-0.05, 0) is 56.5 Å². The minimum atomic E-state index is -0.243. The highest BCUT2D eigenvalue weighted by Gasteiger charge is 2.51. The fourth-order valence-corrected chi connectivity index (χ4v) is 2.80. The maximum atomic E-state index is 6.11. The van der Waals surface area contributed by atoms with Crippen molar-refractivity contribution >= 4 is 7.12 Å². The van der Waals surface area contributed by atoms with E-state index < -0.39 is 0 Å². The van der Waals surface area contributed by atoms with Gasteiger partial charge in [-0.1, -0.05) is 52.0 Å². The van der Waals surface area contributed by atoms with Crippen molar-refractivity contribution in [3.8, 4) is 0 Å². The molecule has 2 nitrogen and oxygen atoms in total. The van der Waals surface area contributed by atoms with E-state index in [0.29, 0.717) is 5.92 Å². The van der Waals surface area contributed by atoms with Crippen LogP contribution in [-0.4, -0.2) is 18.3 Å². The SMILES string of the molecule is CC(CB1OC(C)(C)C(C)(C)O1)c1ccc(C(C)(C)C)cc1. The van der Waals surface area contributed by atoms with Gasteiger partial charge in [0.15, 0.2) is 0 Å². The van der Waals surface area contributed by atoms with E-state index in [0.717, 1.165) is 6.32 Å². The van der Waals surface area contributed by atoms with E-state index in [2.05, 4.69) is 79.7 Å². The van der Waals surface area contributed by atoms with Gasteiger partial charge in [-0.25, -0.2) is 0 Å². The highest BCUT2D eigenvalue weighted by atomic mass is 16.7. The third-order valence-electron chi connectivity index (χ3n) is 5.19. The van der Waals surface area contributed by atoms with Crippen molar-refractivity contribution in [2.24, 2.45) is 0 Å². The van der Waals surface area contributed by atoms with Crippen molar-refractivity contribution in [1.82, 2.24) is 0 Å². The zero-order valence-electron chi connectivity index (χ0n) is 15.5. The summed E-state index contributed by atoms with van der Waals surface area (Å²) in [6, 6.07) is 8.99. The molecule has 22 heavy (non-hydrogen) atoms. The van der Waals surface area contributed by atoms with Crippen molar-refractivity contribution in [3.63, 3.8) is 0 Å². The highest BCUT2D eigenvalue weighted by Crippen LogP contribution is 2.39. The second-order valence-corrected chi connectivity index (χ2v) is 8.69. The standard InChI is InChI=1S/C19H31BO2/c1-14(13-20-21-18(5,6)19(7,8)22-20)15-9-11-16(12-10-15)17(2,3)4/h9-12,14H,13H2,1-8H3. The van der Waals surface area contributed by atoms with Gasteiger partial charge in [0.25, 0.3) is 0 Å². The average molecular weight is 302 g/mol. The molecule has 1 heterocycles. The molecular formula is C19H31BO2. The van der Waals surface area contributed by atoms with Gasteiger partial charge in [-0.2, -0.15) is 0 Å². The maximum absolute atomic E-state index is 6.11. The normalized spacial score (nSPS) is 21.9. The third-order valence-corrected chi connectivity index (χ3v) is 5.19. The second-order valence-electron chi connectivity index (χ2n) is 8.69. The highest BCUT2D eigenvalue weighted by molar-refractivity contribution is 6.45. The molecule has 1 aromatic rings. The Kier molecular flexibility index (Phi) is 4.54. The molecule has 0 aliphatic carbocycles. The molecule has 0 spiro atoms. The largest absolute Gasteiger partial charge is 0.458 e. The monoisotopic (exact) mass is 302 g/mol. The first-order valence-corrected chi connectivity index (χ1v) is 8.38. The molecule has 0 amide bonds. The van der Waals surface area contributed by atoms with E-state index in [1.54, 1.807) is 0 Å². The van der Waals surface area contributed by atoms with Gasteiger partial charge in [0.2, 0.25) is 0 Å². The predicted octanol–water partition coefficient (Wildman–Crippen LogP) is 5.18. The smallest absolute Gasteiger partial charge is 0.403 e. The lowest BCUT2D eigenvalue weighted by atomic mass is 9.75. The van der Waals surface area contributed by atoms with Gasteiger partial charge in [0.1, 0.15) is 0 Å². The first-order valence-electron chi connectivity index (χ1n) is 8.38. The average Bonchev–Trinajstić information content (AvgIpc) is 2.56. The Balaban J connectivity index is 2.03. The van der Waals surface area contributed by atoms with Crippen LogP contribution in [0.15, 0.2) is 24.3 Å². The maximum Gasteiger partial charge on any atom is 0.458 e. The Morgan fingerprint density at radius 3 is 1.82 bits per heavy atom. The molecule has 0 saturated carbocycles. The lowest BCUT2D eigenvalue weighted by Crippen LogP contribution is -2.41. The van der Waals surface area contributed by atoms with Gasteiger partial charge in [0.05, 0.1) is 11.2 Å². The predicted molar refractivity (Wildman–Crippen MR) is 94.4 cm³/mol. The summed E-state index contributed by atoms with van der Waals surface area (Å²) in [5.74, 6) is 0.420. The number of rotatable bonds is 3. The molecule has 0 N–H and O–H groups in total. The quantitative estimate of drug-likeness (QED) is 0.716. The molecule has 1 aliphatic heterocycles. The molecule has 1 atom stereocenters. The summed E-state index contributed by atoms with van der Waals surface area (Å²) in [6.07, 6.45) is 0.891. The van der Waals surface area contributed by atoms with Crippen LogP contribution < -0.4 is 0 Å². The Labute approximate surface area is 136 Å². The van der Waals surface area contributed by atoms with Crippen LogP contribution in [0.4, 0.5) is 0 Å². The Morgan fingerprint density at radius 2 is 1.41 bits per heavy atom. The summed E-state index contributed by atoms with van der Waals surface area (Å²) in [6.45, 7) is 17.4. The van der Waals surface area contributed by atoms with E-state index in [1.165, 1.54) is 11.1 Å². The zero-order chi connectivity index (χ0) is 16.8. The summed E-state index contributed by atoms with van der Waals surface area (Å²) < 4.78 is 12.2. The number of benzene rings is 1. The molecule has 2 rings (SSSR count). The molecule has 122 valence electrons. The fraction of sp³-hybridized carbons (Fsp3) is 0.684. The molecule has 1 fully saturated rings. The Morgan fingerprint density at radius 1 is 0.955 bits per heavy atom. The Bertz CT molecular complexity index is 495. The second kappa shape index (κ2) is 5.69. The van der Waals surface area contributed by atoms with Crippen molar-refractivity contribution in [1.29, 1.82) is 0 Å². The van der Waals surface area contributed by atoms with Crippen molar-refractivity contribution in [3.05, 3.63) is 35.4 Å². The fourth-order valence-electron chi connectivity index (χ4n) is 2.80. The molecule has 1 aliphatic rings. The lowest BCUT2D eigenvalue weighted by Gasteiger charge is -2.32. The molecule has 1 saturated heterocycles. The van der Waals surface area contributed by atoms with Crippen LogP contribution in [0.25, 0.3) is 0 Å². The molecule has 0 bridgehead atoms. The van der Waals surface area contributed by atoms with Gasteiger partial charge < -0.3 is 9.31 Å². The van der Waals surface area contributed by atoms with E-state index in [4.69, 9.17) is 9.31 Å². The third kappa shape index (κ3) is 3.57. The van der Waals surface area contributed by atoms with Crippen LogP contribution >= 0.6 is 0 Å². The van der Waals surface area contributed by atoms with Gasteiger partial charge >= 0.3 is 7.12 Å². The van der Waals surface area contributed by atoms with Crippen molar-refractivity contribution < 1.29 is 9.31 Å². The first-order chi connectivity index (χ1) is 9.92. The summed E-state index contributed by atoms with van der Waals surface area (Å²) in [4.78, 5) is 0. The topological polar surface area (TPSA) is 18.5 Å². The summed E-state index contributed by atoms with van der Waals surface area (Å²) in [5.41, 5.74) is 2.44. The van der Waals surface area contributed by atoms with Gasteiger partial charge in [-0.15, -0.1) is 0 Å². The molecule has 3 heteroatoms. The van der Waals surface area contributed by atoms with E-state index in [-0.39, 0.29) is 23.7 Å². The van der Waals surface area contributed by atoms with Crippen LogP contribution in [0.2, 0.25) is 6.32 Å². The van der Waals surface area contributed by atoms with Crippen LogP contribution in [0, 0.1) is 0 Å². The van der Waals surface area contributed by atoms with Gasteiger partial charge in [0, 0.05) is 0 Å². The minimum absolute atomic E-state index is 0.123. The van der Waals surface area contributed by atoms with E-state index >= 15 is 0 Å². The van der Waals surface area contributed by atoms with E-state index in [9.17, 15) is 0 Å². The summed E-state index contributed by atoms with van der Waals surface area (Å²) in [5, 5.41) is 0.